The molecule has 1 aliphatic rings. The van der Waals surface area contributed by atoms with Crippen molar-refractivity contribution in [3.63, 3.8) is 0 Å². The lowest BCUT2D eigenvalue weighted by atomic mass is 9.94. The lowest BCUT2D eigenvalue weighted by molar-refractivity contribution is -0.132. The van der Waals surface area contributed by atoms with Crippen LogP contribution in [0.15, 0.2) is 48.5 Å². The molecule has 0 saturated carbocycles. The van der Waals surface area contributed by atoms with Gasteiger partial charge in [0.1, 0.15) is 11.9 Å². The van der Waals surface area contributed by atoms with Crippen molar-refractivity contribution in [2.75, 3.05) is 10.2 Å². The minimum absolute atomic E-state index is 0.178. The van der Waals surface area contributed by atoms with Gasteiger partial charge in [-0.3, -0.25) is 14.3 Å². The van der Waals surface area contributed by atoms with Crippen LogP contribution in [0.2, 0.25) is 10.2 Å². The van der Waals surface area contributed by atoms with E-state index < -0.39 is 11.5 Å². The van der Waals surface area contributed by atoms with Gasteiger partial charge >= 0.3 is 0 Å². The third kappa shape index (κ3) is 4.43. The molecule has 7 nitrogen and oxygen atoms in total. The maximum atomic E-state index is 14.1. The van der Waals surface area contributed by atoms with Crippen LogP contribution in [0, 0.1) is 5.41 Å². The summed E-state index contributed by atoms with van der Waals surface area (Å²) >= 11 is 12.9. The van der Waals surface area contributed by atoms with Gasteiger partial charge in [0.05, 0.1) is 23.5 Å². The van der Waals surface area contributed by atoms with Crippen molar-refractivity contribution in [1.29, 1.82) is 0 Å². The first kappa shape index (κ1) is 23.1. The highest BCUT2D eigenvalue weighted by Crippen LogP contribution is 2.39. The van der Waals surface area contributed by atoms with Gasteiger partial charge in [-0.15, -0.1) is 0 Å². The van der Waals surface area contributed by atoms with Gasteiger partial charge < -0.3 is 15.5 Å². The van der Waals surface area contributed by atoms with Gasteiger partial charge in [-0.2, -0.15) is 5.10 Å². The smallest absolute Gasteiger partial charge is 0.254 e. The van der Waals surface area contributed by atoms with Crippen LogP contribution in [-0.4, -0.2) is 21.6 Å². The number of anilines is 3. The number of benzene rings is 2. The van der Waals surface area contributed by atoms with Gasteiger partial charge in [0.15, 0.2) is 5.15 Å². The standard InChI is InChI=1S/C24H25Cl2N5O2/c1-24(2,3)23(33)28-19(14-9-5-6-10-16(14)25)22(32)31-13-15-20(26)29-30(4)21(15)27-17-11-7-8-12-18(17)31/h5-12,19,27H,13H2,1-4H3,(H,28,33). The molecule has 0 spiro atoms. The number of aryl methyl sites for hydroxylation is 1. The molecule has 0 fully saturated rings. The Morgan fingerprint density at radius 1 is 1.09 bits per heavy atom. The quantitative estimate of drug-likeness (QED) is 0.532. The Morgan fingerprint density at radius 3 is 2.45 bits per heavy atom. The molecule has 2 heterocycles. The SMILES string of the molecule is Cn1nc(Cl)c2c1Nc1ccccc1N(C(=O)C(NC(=O)C(C)(C)C)c1ccccc1Cl)C2. The number of hydrogen-bond donors (Lipinski definition) is 2. The first-order chi connectivity index (χ1) is 15.6. The Kier molecular flexibility index (Phi) is 6.12. The fraction of sp³-hybridized carbons (Fsp3) is 0.292. The molecule has 0 bridgehead atoms. The number of nitrogens with zero attached hydrogens (tertiary/aromatic N) is 3. The number of carbonyl (C=O) groups is 2. The largest absolute Gasteiger partial charge is 0.340 e. The number of fused-ring (bicyclic) bond motifs is 2. The van der Waals surface area contributed by atoms with Crippen molar-refractivity contribution < 1.29 is 9.59 Å². The van der Waals surface area contributed by atoms with Gasteiger partial charge in [0, 0.05) is 23.0 Å². The molecule has 3 aromatic rings. The van der Waals surface area contributed by atoms with E-state index in [9.17, 15) is 9.59 Å². The monoisotopic (exact) mass is 485 g/mol. The average Bonchev–Trinajstić information content (AvgIpc) is 2.93. The molecule has 1 aromatic heterocycles. The third-order valence-electron chi connectivity index (χ3n) is 5.55. The van der Waals surface area contributed by atoms with Gasteiger partial charge in [-0.25, -0.2) is 0 Å². The van der Waals surface area contributed by atoms with Gasteiger partial charge in [0.25, 0.3) is 5.91 Å². The Hall–Kier alpha value is -3.03. The van der Waals surface area contributed by atoms with Crippen LogP contribution in [0.25, 0.3) is 0 Å². The van der Waals surface area contributed by atoms with Crippen molar-refractivity contribution in [3.8, 4) is 0 Å². The number of carbonyl (C=O) groups excluding carboxylic acids is 2. The fourth-order valence-corrected chi connectivity index (χ4v) is 4.21. The zero-order chi connectivity index (χ0) is 23.9. The number of halogens is 2. The molecule has 1 aliphatic heterocycles. The average molecular weight is 486 g/mol. The summed E-state index contributed by atoms with van der Waals surface area (Å²) in [6.07, 6.45) is 0. The summed E-state index contributed by atoms with van der Waals surface area (Å²) in [5.74, 6) is 0.112. The molecule has 9 heteroatoms. The van der Waals surface area contributed by atoms with Crippen molar-refractivity contribution in [3.05, 3.63) is 69.8 Å². The maximum Gasteiger partial charge on any atom is 0.254 e. The number of rotatable bonds is 3. The van der Waals surface area contributed by atoms with E-state index in [4.69, 9.17) is 23.2 Å². The van der Waals surface area contributed by atoms with Crippen LogP contribution in [0.5, 0.6) is 0 Å². The van der Waals surface area contributed by atoms with Crippen molar-refractivity contribution in [2.24, 2.45) is 12.5 Å². The molecule has 4 rings (SSSR count). The first-order valence-electron chi connectivity index (χ1n) is 10.5. The lowest BCUT2D eigenvalue weighted by Gasteiger charge is -2.30. The second-order valence-electron chi connectivity index (χ2n) is 8.99. The minimum atomic E-state index is -0.990. The summed E-state index contributed by atoms with van der Waals surface area (Å²) in [4.78, 5) is 28.7. The van der Waals surface area contributed by atoms with Crippen LogP contribution in [0.4, 0.5) is 17.2 Å². The van der Waals surface area contributed by atoms with Crippen LogP contribution in [0.3, 0.4) is 0 Å². The van der Waals surface area contributed by atoms with Gasteiger partial charge in [0.2, 0.25) is 5.91 Å². The van der Waals surface area contributed by atoms with Crippen LogP contribution in [-0.2, 0) is 23.2 Å². The molecule has 1 unspecified atom stereocenters. The fourth-order valence-electron chi connectivity index (χ4n) is 3.70. The van der Waals surface area contributed by atoms with Gasteiger partial charge in [-0.1, -0.05) is 74.3 Å². The Balaban J connectivity index is 1.83. The highest BCUT2D eigenvalue weighted by atomic mass is 35.5. The number of aromatic nitrogens is 2. The summed E-state index contributed by atoms with van der Waals surface area (Å²) in [6.45, 7) is 5.56. The summed E-state index contributed by atoms with van der Waals surface area (Å²) in [5, 5.41) is 11.2. The maximum absolute atomic E-state index is 14.1. The number of nitrogens with one attached hydrogen (secondary N) is 2. The minimum Gasteiger partial charge on any atom is -0.340 e. The number of para-hydroxylation sites is 2. The Bertz CT molecular complexity index is 1230. The molecule has 2 aromatic carbocycles. The second kappa shape index (κ2) is 8.72. The zero-order valence-electron chi connectivity index (χ0n) is 18.8. The molecule has 0 saturated heterocycles. The van der Waals surface area contributed by atoms with E-state index in [-0.39, 0.29) is 18.4 Å². The molecule has 33 heavy (non-hydrogen) atoms. The molecule has 0 aliphatic carbocycles. The number of hydrogen-bond acceptors (Lipinski definition) is 4. The molecule has 0 radical (unpaired) electrons. The van der Waals surface area contributed by atoms with Crippen molar-refractivity contribution >= 4 is 52.2 Å². The predicted octanol–water partition coefficient (Wildman–Crippen LogP) is 5.22. The second-order valence-corrected chi connectivity index (χ2v) is 9.75. The van der Waals surface area contributed by atoms with E-state index in [1.807, 2.05) is 24.3 Å². The van der Waals surface area contributed by atoms with E-state index >= 15 is 0 Å². The summed E-state index contributed by atoms with van der Waals surface area (Å²) in [7, 11) is 1.79. The van der Waals surface area contributed by atoms with Crippen molar-refractivity contribution in [2.45, 2.75) is 33.4 Å². The third-order valence-corrected chi connectivity index (χ3v) is 6.19. The number of amides is 2. The summed E-state index contributed by atoms with van der Waals surface area (Å²) < 4.78 is 1.65. The highest BCUT2D eigenvalue weighted by Gasteiger charge is 2.36. The molecule has 2 amide bonds. The van der Waals surface area contributed by atoms with E-state index in [1.165, 1.54) is 0 Å². The Labute approximate surface area is 202 Å². The normalized spacial score (nSPS) is 13.9. The zero-order valence-corrected chi connectivity index (χ0v) is 20.3. The molecular formula is C24H25Cl2N5O2. The first-order valence-corrected chi connectivity index (χ1v) is 11.3. The lowest BCUT2D eigenvalue weighted by Crippen LogP contribution is -2.46. The van der Waals surface area contributed by atoms with Gasteiger partial charge in [-0.05, 0) is 18.2 Å². The highest BCUT2D eigenvalue weighted by molar-refractivity contribution is 6.32. The van der Waals surface area contributed by atoms with E-state index in [0.29, 0.717) is 32.8 Å². The van der Waals surface area contributed by atoms with E-state index in [2.05, 4.69) is 15.7 Å². The molecular weight excluding hydrogens is 461 g/mol. The predicted molar refractivity (Wildman–Crippen MR) is 131 cm³/mol. The van der Waals surface area contributed by atoms with Crippen LogP contribution >= 0.6 is 23.2 Å². The molecule has 172 valence electrons. The topological polar surface area (TPSA) is 79.3 Å². The summed E-state index contributed by atoms with van der Waals surface area (Å²) in [6, 6.07) is 13.5. The van der Waals surface area contributed by atoms with Crippen LogP contribution < -0.4 is 15.5 Å². The Morgan fingerprint density at radius 2 is 1.76 bits per heavy atom. The van der Waals surface area contributed by atoms with E-state index in [0.717, 1.165) is 5.69 Å². The molecule has 2 N–H and O–H groups in total. The van der Waals surface area contributed by atoms with E-state index in [1.54, 1.807) is 61.7 Å². The van der Waals surface area contributed by atoms with Crippen LogP contribution in [0.1, 0.15) is 37.9 Å². The van der Waals surface area contributed by atoms with Crippen molar-refractivity contribution in [1.82, 2.24) is 15.1 Å². The molecule has 1 atom stereocenters. The summed E-state index contributed by atoms with van der Waals surface area (Å²) in [5.41, 5.74) is 1.90.